The molecule has 1 aromatic carbocycles. The SMILES string of the molecule is CC(C)(C)[Si](C)(C)OCC(NC(=O)/C=C\C(=O)O)c1ccccc1. The van der Waals surface area contributed by atoms with Crippen LogP contribution in [-0.4, -0.2) is 31.9 Å². The molecule has 0 fully saturated rings. The zero-order valence-electron chi connectivity index (χ0n) is 15.0. The van der Waals surface area contributed by atoms with Crippen molar-refractivity contribution < 1.29 is 19.1 Å². The number of benzene rings is 1. The second kappa shape index (κ2) is 8.26. The lowest BCUT2D eigenvalue weighted by molar-refractivity contribution is -0.131. The van der Waals surface area contributed by atoms with E-state index in [0.29, 0.717) is 6.61 Å². The highest BCUT2D eigenvalue weighted by Crippen LogP contribution is 2.37. The number of carboxylic acids is 1. The van der Waals surface area contributed by atoms with Gasteiger partial charge >= 0.3 is 5.97 Å². The number of hydrogen-bond acceptors (Lipinski definition) is 3. The summed E-state index contributed by atoms with van der Waals surface area (Å²) in [6.07, 6.45) is 1.84. The van der Waals surface area contributed by atoms with Crippen LogP contribution in [0.5, 0.6) is 0 Å². The average Bonchev–Trinajstić information content (AvgIpc) is 2.49. The van der Waals surface area contributed by atoms with Crippen molar-refractivity contribution in [1.82, 2.24) is 5.32 Å². The van der Waals surface area contributed by atoms with Crippen molar-refractivity contribution >= 4 is 20.2 Å². The van der Waals surface area contributed by atoms with Crippen molar-refractivity contribution in [3.8, 4) is 0 Å². The zero-order valence-corrected chi connectivity index (χ0v) is 16.0. The van der Waals surface area contributed by atoms with Crippen LogP contribution in [0.25, 0.3) is 0 Å². The predicted octanol–water partition coefficient (Wildman–Crippen LogP) is 3.51. The summed E-state index contributed by atoms with van der Waals surface area (Å²) < 4.78 is 6.22. The first-order chi connectivity index (χ1) is 11.0. The molecule has 132 valence electrons. The van der Waals surface area contributed by atoms with Crippen LogP contribution in [0.15, 0.2) is 42.5 Å². The van der Waals surface area contributed by atoms with Gasteiger partial charge in [0.05, 0.1) is 12.6 Å². The van der Waals surface area contributed by atoms with Crippen LogP contribution in [0.2, 0.25) is 18.1 Å². The first-order valence-corrected chi connectivity index (χ1v) is 10.8. The van der Waals surface area contributed by atoms with Gasteiger partial charge in [0.2, 0.25) is 5.91 Å². The summed E-state index contributed by atoms with van der Waals surface area (Å²) in [5, 5.41) is 11.5. The van der Waals surface area contributed by atoms with E-state index in [-0.39, 0.29) is 11.1 Å². The van der Waals surface area contributed by atoms with E-state index in [2.05, 4.69) is 39.2 Å². The van der Waals surface area contributed by atoms with E-state index in [1.54, 1.807) is 0 Å². The molecule has 1 atom stereocenters. The number of amides is 1. The number of carbonyl (C=O) groups excluding carboxylic acids is 1. The van der Waals surface area contributed by atoms with Gasteiger partial charge in [0, 0.05) is 12.2 Å². The monoisotopic (exact) mass is 349 g/mol. The van der Waals surface area contributed by atoms with Crippen molar-refractivity contribution in [2.24, 2.45) is 0 Å². The van der Waals surface area contributed by atoms with Crippen LogP contribution in [-0.2, 0) is 14.0 Å². The van der Waals surface area contributed by atoms with Gasteiger partial charge in [-0.3, -0.25) is 4.79 Å². The molecule has 1 aromatic rings. The summed E-state index contributed by atoms with van der Waals surface area (Å²) in [6, 6.07) is 9.21. The summed E-state index contributed by atoms with van der Waals surface area (Å²) in [6.45, 7) is 11.1. The Morgan fingerprint density at radius 1 is 1.21 bits per heavy atom. The minimum atomic E-state index is -1.95. The fraction of sp³-hybridized carbons (Fsp3) is 0.444. The third-order valence-corrected chi connectivity index (χ3v) is 8.81. The molecule has 0 aromatic heterocycles. The molecule has 0 bridgehead atoms. The highest BCUT2D eigenvalue weighted by molar-refractivity contribution is 6.74. The molecule has 0 saturated carbocycles. The Morgan fingerprint density at radius 2 is 1.79 bits per heavy atom. The lowest BCUT2D eigenvalue weighted by Crippen LogP contribution is -2.43. The molecule has 0 saturated heterocycles. The molecule has 0 radical (unpaired) electrons. The van der Waals surface area contributed by atoms with E-state index >= 15 is 0 Å². The molecule has 0 aliphatic carbocycles. The third-order valence-electron chi connectivity index (χ3n) is 4.31. The van der Waals surface area contributed by atoms with Crippen molar-refractivity contribution in [3.05, 3.63) is 48.0 Å². The van der Waals surface area contributed by atoms with Gasteiger partial charge in [0.1, 0.15) is 0 Å². The van der Waals surface area contributed by atoms with E-state index in [1.807, 2.05) is 30.3 Å². The number of nitrogens with one attached hydrogen (secondary N) is 1. The van der Waals surface area contributed by atoms with Gasteiger partial charge < -0.3 is 14.8 Å². The minimum Gasteiger partial charge on any atom is -0.478 e. The zero-order chi connectivity index (χ0) is 18.4. The molecule has 5 nitrogen and oxygen atoms in total. The number of aliphatic carboxylic acids is 1. The Kier molecular flexibility index (Phi) is 6.92. The number of carboxylic acid groups (broad SMARTS) is 1. The fourth-order valence-corrected chi connectivity index (χ4v) is 2.80. The Hall–Kier alpha value is -1.92. The van der Waals surface area contributed by atoms with Crippen molar-refractivity contribution in [1.29, 1.82) is 0 Å². The minimum absolute atomic E-state index is 0.0709. The smallest absolute Gasteiger partial charge is 0.328 e. The lowest BCUT2D eigenvalue weighted by Gasteiger charge is -2.37. The van der Waals surface area contributed by atoms with Crippen LogP contribution in [0.4, 0.5) is 0 Å². The molecular weight excluding hydrogens is 322 g/mol. The van der Waals surface area contributed by atoms with Crippen LogP contribution < -0.4 is 5.32 Å². The molecule has 2 N–H and O–H groups in total. The van der Waals surface area contributed by atoms with Crippen molar-refractivity contribution in [2.75, 3.05) is 6.61 Å². The van der Waals surface area contributed by atoms with Gasteiger partial charge in [-0.1, -0.05) is 51.1 Å². The van der Waals surface area contributed by atoms with E-state index in [4.69, 9.17) is 9.53 Å². The van der Waals surface area contributed by atoms with Gasteiger partial charge in [-0.15, -0.1) is 0 Å². The number of carbonyl (C=O) groups is 2. The summed E-state index contributed by atoms with van der Waals surface area (Å²) >= 11 is 0. The second-order valence-corrected chi connectivity index (χ2v) is 12.0. The Bertz CT molecular complexity index is 591. The van der Waals surface area contributed by atoms with Gasteiger partial charge in [0.15, 0.2) is 8.32 Å². The highest BCUT2D eigenvalue weighted by atomic mass is 28.4. The first kappa shape index (κ1) is 20.1. The molecule has 1 unspecified atom stereocenters. The van der Waals surface area contributed by atoms with E-state index in [0.717, 1.165) is 17.7 Å². The Balaban J connectivity index is 2.88. The molecule has 1 amide bonds. The van der Waals surface area contributed by atoms with Gasteiger partial charge in [-0.05, 0) is 23.7 Å². The van der Waals surface area contributed by atoms with E-state index in [1.165, 1.54) is 0 Å². The maximum absolute atomic E-state index is 11.9. The summed E-state index contributed by atoms with van der Waals surface area (Å²) in [7, 11) is -1.95. The molecule has 6 heteroatoms. The third kappa shape index (κ3) is 6.29. The number of rotatable bonds is 7. The standard InChI is InChI=1S/C18H27NO4Si/c1-18(2,3)24(4,5)23-13-15(14-9-7-6-8-10-14)19-16(20)11-12-17(21)22/h6-12,15H,13H2,1-5H3,(H,19,20)(H,21,22)/b12-11-. The van der Waals surface area contributed by atoms with Crippen LogP contribution >= 0.6 is 0 Å². The largest absolute Gasteiger partial charge is 0.478 e. The normalized spacial score (nSPS) is 13.7. The maximum Gasteiger partial charge on any atom is 0.328 e. The second-order valence-electron chi connectivity index (χ2n) is 7.21. The van der Waals surface area contributed by atoms with Gasteiger partial charge in [-0.2, -0.15) is 0 Å². The number of hydrogen-bond donors (Lipinski definition) is 2. The molecule has 0 heterocycles. The van der Waals surface area contributed by atoms with Crippen molar-refractivity contribution in [2.45, 2.75) is 44.9 Å². The molecule has 0 spiro atoms. The Labute approximate surface area is 144 Å². The van der Waals surface area contributed by atoms with Crippen LogP contribution in [0.3, 0.4) is 0 Å². The highest BCUT2D eigenvalue weighted by Gasteiger charge is 2.37. The fourth-order valence-electron chi connectivity index (χ4n) is 1.78. The quantitative estimate of drug-likeness (QED) is 0.583. The molecular formula is C18H27NO4Si. The van der Waals surface area contributed by atoms with Gasteiger partial charge in [0.25, 0.3) is 0 Å². The first-order valence-electron chi connectivity index (χ1n) is 7.93. The lowest BCUT2D eigenvalue weighted by atomic mass is 10.1. The molecule has 0 aliphatic rings. The van der Waals surface area contributed by atoms with Crippen molar-refractivity contribution in [3.63, 3.8) is 0 Å². The molecule has 1 rings (SSSR count). The topological polar surface area (TPSA) is 75.6 Å². The van der Waals surface area contributed by atoms with Crippen LogP contribution in [0.1, 0.15) is 32.4 Å². The van der Waals surface area contributed by atoms with Crippen LogP contribution in [0, 0.1) is 0 Å². The Morgan fingerprint density at radius 3 is 2.29 bits per heavy atom. The van der Waals surface area contributed by atoms with E-state index in [9.17, 15) is 9.59 Å². The van der Waals surface area contributed by atoms with E-state index < -0.39 is 20.2 Å². The molecule has 0 aliphatic heterocycles. The summed E-state index contributed by atoms with van der Waals surface area (Å²) in [4.78, 5) is 22.5. The van der Waals surface area contributed by atoms with Gasteiger partial charge in [-0.25, -0.2) is 4.79 Å². The maximum atomic E-state index is 11.9. The summed E-state index contributed by atoms with van der Waals surface area (Å²) in [5.41, 5.74) is 0.924. The predicted molar refractivity (Wildman–Crippen MR) is 97.3 cm³/mol. The molecule has 24 heavy (non-hydrogen) atoms. The summed E-state index contributed by atoms with van der Waals surface area (Å²) in [5.74, 6) is -1.61. The average molecular weight is 350 g/mol.